The fourth-order valence-electron chi connectivity index (χ4n) is 1.22. The second-order valence-corrected chi connectivity index (χ2v) is 3.98. The number of urea groups is 1. The van der Waals surface area contributed by atoms with Crippen LogP contribution in [-0.2, 0) is 0 Å². The number of amides is 2. The van der Waals surface area contributed by atoms with Crippen molar-refractivity contribution < 1.29 is 4.79 Å². The molecule has 0 saturated heterocycles. The molecule has 1 fully saturated rings. The summed E-state index contributed by atoms with van der Waals surface area (Å²) >= 11 is 0. The van der Waals surface area contributed by atoms with E-state index in [1.54, 1.807) is 0 Å². The summed E-state index contributed by atoms with van der Waals surface area (Å²) in [5.41, 5.74) is 0. The number of hydrogen-bond acceptors (Lipinski definition) is 1. The van der Waals surface area contributed by atoms with Gasteiger partial charge in [-0.05, 0) is 32.1 Å². The third-order valence-electron chi connectivity index (χ3n) is 2.22. The van der Waals surface area contributed by atoms with Crippen molar-refractivity contribution in [3.05, 3.63) is 0 Å². The summed E-state index contributed by atoms with van der Waals surface area (Å²) in [5, 5.41) is 5.65. The van der Waals surface area contributed by atoms with E-state index in [1.807, 2.05) is 13.8 Å². The smallest absolute Gasteiger partial charge is 0.314 e. The van der Waals surface area contributed by atoms with Crippen LogP contribution in [0.25, 0.3) is 0 Å². The zero-order valence-electron chi connectivity index (χ0n) is 8.05. The Kier molecular flexibility index (Phi) is 2.95. The van der Waals surface area contributed by atoms with Crippen molar-refractivity contribution in [3.63, 3.8) is 0 Å². The van der Waals surface area contributed by atoms with Crippen LogP contribution in [0.4, 0.5) is 4.79 Å². The van der Waals surface area contributed by atoms with Crippen LogP contribution in [0.1, 0.15) is 27.2 Å². The summed E-state index contributed by atoms with van der Waals surface area (Å²) in [6.45, 7) is 6.96. The first kappa shape index (κ1) is 9.36. The van der Waals surface area contributed by atoms with Crippen molar-refractivity contribution in [1.82, 2.24) is 10.6 Å². The highest BCUT2D eigenvalue weighted by atomic mass is 16.2. The molecule has 0 spiro atoms. The van der Waals surface area contributed by atoms with Gasteiger partial charge in [0.25, 0.3) is 0 Å². The molecule has 1 aliphatic rings. The van der Waals surface area contributed by atoms with Gasteiger partial charge in [0.15, 0.2) is 0 Å². The van der Waals surface area contributed by atoms with Gasteiger partial charge in [-0.1, -0.05) is 6.92 Å². The van der Waals surface area contributed by atoms with Crippen molar-refractivity contribution in [2.75, 3.05) is 6.54 Å². The van der Waals surface area contributed by atoms with E-state index in [0.717, 1.165) is 18.4 Å². The molecular weight excluding hydrogens is 152 g/mol. The lowest BCUT2D eigenvalue weighted by atomic mass is 10.3. The summed E-state index contributed by atoms with van der Waals surface area (Å²) in [5.74, 6) is 1.53. The monoisotopic (exact) mass is 170 g/mol. The molecule has 0 aromatic rings. The molecule has 12 heavy (non-hydrogen) atoms. The summed E-state index contributed by atoms with van der Waals surface area (Å²) in [6.07, 6.45) is 1.27. The van der Waals surface area contributed by atoms with Gasteiger partial charge < -0.3 is 10.6 Å². The first-order valence-corrected chi connectivity index (χ1v) is 4.64. The molecule has 0 aliphatic heterocycles. The molecule has 70 valence electrons. The number of nitrogens with one attached hydrogen (secondary N) is 2. The van der Waals surface area contributed by atoms with E-state index >= 15 is 0 Å². The minimum atomic E-state index is -0.0379. The van der Waals surface area contributed by atoms with Gasteiger partial charge in [-0.15, -0.1) is 0 Å². The van der Waals surface area contributed by atoms with Gasteiger partial charge in [-0.3, -0.25) is 0 Å². The molecule has 0 radical (unpaired) electrons. The second-order valence-electron chi connectivity index (χ2n) is 3.98. The van der Waals surface area contributed by atoms with Crippen LogP contribution in [0.15, 0.2) is 0 Å². The van der Waals surface area contributed by atoms with Crippen LogP contribution in [0, 0.1) is 11.8 Å². The lowest BCUT2D eigenvalue weighted by Crippen LogP contribution is -2.40. The van der Waals surface area contributed by atoms with E-state index < -0.39 is 0 Å². The Hall–Kier alpha value is -0.730. The summed E-state index contributed by atoms with van der Waals surface area (Å²) < 4.78 is 0. The number of carbonyl (C=O) groups excluding carboxylic acids is 1. The molecule has 3 nitrogen and oxygen atoms in total. The topological polar surface area (TPSA) is 41.1 Å². The molecule has 2 amide bonds. The van der Waals surface area contributed by atoms with E-state index in [9.17, 15) is 4.79 Å². The maximum Gasteiger partial charge on any atom is 0.314 e. The number of rotatable bonds is 3. The normalized spacial score (nSPS) is 27.0. The van der Waals surface area contributed by atoms with Crippen LogP contribution < -0.4 is 10.6 Å². The van der Waals surface area contributed by atoms with Gasteiger partial charge in [0.2, 0.25) is 0 Å². The minimum absolute atomic E-state index is 0.0379. The van der Waals surface area contributed by atoms with Gasteiger partial charge in [0.05, 0.1) is 0 Å². The largest absolute Gasteiger partial charge is 0.338 e. The highest BCUT2D eigenvalue weighted by molar-refractivity contribution is 5.74. The summed E-state index contributed by atoms with van der Waals surface area (Å²) in [4.78, 5) is 11.1. The van der Waals surface area contributed by atoms with Gasteiger partial charge in [0.1, 0.15) is 0 Å². The Labute approximate surface area is 73.9 Å². The third kappa shape index (κ3) is 3.11. The molecule has 0 bridgehead atoms. The Morgan fingerprint density at radius 2 is 2.17 bits per heavy atom. The first-order chi connectivity index (χ1) is 5.59. The minimum Gasteiger partial charge on any atom is -0.338 e. The maximum atomic E-state index is 11.1. The SMILES string of the molecule is CC(C)NC(=O)NCC1CC1C. The third-order valence-corrected chi connectivity index (χ3v) is 2.22. The molecule has 2 unspecified atom stereocenters. The molecule has 3 heteroatoms. The molecule has 1 aliphatic carbocycles. The molecule has 1 rings (SSSR count). The van der Waals surface area contributed by atoms with E-state index in [2.05, 4.69) is 17.6 Å². The number of hydrogen-bond donors (Lipinski definition) is 2. The van der Waals surface area contributed by atoms with Gasteiger partial charge >= 0.3 is 6.03 Å². The molecule has 0 aromatic heterocycles. The van der Waals surface area contributed by atoms with Gasteiger partial charge in [-0.25, -0.2) is 4.79 Å². The summed E-state index contributed by atoms with van der Waals surface area (Å²) in [6, 6.07) is 0.186. The Balaban J connectivity index is 2.03. The first-order valence-electron chi connectivity index (χ1n) is 4.64. The predicted octanol–water partition coefficient (Wildman–Crippen LogP) is 1.35. The van der Waals surface area contributed by atoms with E-state index in [1.165, 1.54) is 6.42 Å². The average Bonchev–Trinajstić information content (AvgIpc) is 2.61. The van der Waals surface area contributed by atoms with E-state index in [-0.39, 0.29) is 12.1 Å². The fraction of sp³-hybridized carbons (Fsp3) is 0.889. The van der Waals surface area contributed by atoms with Crippen LogP contribution in [0.3, 0.4) is 0 Å². The number of carbonyl (C=O) groups is 1. The zero-order chi connectivity index (χ0) is 9.14. The van der Waals surface area contributed by atoms with Crippen LogP contribution in [-0.4, -0.2) is 18.6 Å². The second kappa shape index (κ2) is 3.78. The highest BCUT2D eigenvalue weighted by Gasteiger charge is 2.32. The zero-order valence-corrected chi connectivity index (χ0v) is 8.05. The maximum absolute atomic E-state index is 11.1. The quantitative estimate of drug-likeness (QED) is 0.659. The van der Waals surface area contributed by atoms with Crippen molar-refractivity contribution in [3.8, 4) is 0 Å². The van der Waals surface area contributed by atoms with Crippen molar-refractivity contribution in [2.24, 2.45) is 11.8 Å². The van der Waals surface area contributed by atoms with E-state index in [0.29, 0.717) is 0 Å². The van der Waals surface area contributed by atoms with Gasteiger partial charge in [0, 0.05) is 12.6 Å². The average molecular weight is 170 g/mol. The van der Waals surface area contributed by atoms with Crippen LogP contribution in [0.5, 0.6) is 0 Å². The Bertz CT molecular complexity index is 168. The lowest BCUT2D eigenvalue weighted by molar-refractivity contribution is 0.238. The Morgan fingerprint density at radius 1 is 1.58 bits per heavy atom. The molecule has 2 N–H and O–H groups in total. The highest BCUT2D eigenvalue weighted by Crippen LogP contribution is 2.36. The van der Waals surface area contributed by atoms with E-state index in [4.69, 9.17) is 0 Å². The summed E-state index contributed by atoms with van der Waals surface area (Å²) in [7, 11) is 0. The molecule has 0 aromatic carbocycles. The van der Waals surface area contributed by atoms with Crippen molar-refractivity contribution in [1.29, 1.82) is 0 Å². The Morgan fingerprint density at radius 3 is 2.58 bits per heavy atom. The van der Waals surface area contributed by atoms with Crippen LogP contribution in [0.2, 0.25) is 0 Å². The molecular formula is C9H18N2O. The predicted molar refractivity (Wildman–Crippen MR) is 48.9 cm³/mol. The molecule has 2 atom stereocenters. The molecule has 0 heterocycles. The molecule has 1 saturated carbocycles. The fourth-order valence-corrected chi connectivity index (χ4v) is 1.22. The van der Waals surface area contributed by atoms with Gasteiger partial charge in [-0.2, -0.15) is 0 Å². The van der Waals surface area contributed by atoms with Crippen LogP contribution >= 0.6 is 0 Å². The standard InChI is InChI=1S/C9H18N2O/c1-6(2)11-9(12)10-5-8-4-7(8)3/h6-8H,4-5H2,1-3H3,(H2,10,11,12). The van der Waals surface area contributed by atoms with Crippen molar-refractivity contribution >= 4 is 6.03 Å². The van der Waals surface area contributed by atoms with Crippen molar-refractivity contribution in [2.45, 2.75) is 33.2 Å². The lowest BCUT2D eigenvalue weighted by Gasteiger charge is -2.09.